The van der Waals surface area contributed by atoms with Gasteiger partial charge in [0.05, 0.1) is 11.9 Å². The SMILES string of the molecule is CCCNC(=O)C(Cc1ccccc1)N(Cc1ccccc1F)C(=O)CN(c1cccc(C)c1)S(C)(=O)=O. The van der Waals surface area contributed by atoms with Crippen LogP contribution >= 0.6 is 0 Å². The molecule has 0 spiro atoms. The molecule has 0 heterocycles. The number of amides is 2. The zero-order valence-corrected chi connectivity index (χ0v) is 22.7. The Morgan fingerprint density at radius 1 is 0.974 bits per heavy atom. The fourth-order valence-corrected chi connectivity index (χ4v) is 4.97. The summed E-state index contributed by atoms with van der Waals surface area (Å²) in [5.74, 6) is -1.52. The molecule has 0 aliphatic rings. The van der Waals surface area contributed by atoms with Crippen LogP contribution in [0.4, 0.5) is 10.1 Å². The molecule has 0 aromatic heterocycles. The molecule has 0 aliphatic heterocycles. The first-order valence-corrected chi connectivity index (χ1v) is 14.3. The first-order valence-electron chi connectivity index (χ1n) is 12.5. The van der Waals surface area contributed by atoms with Gasteiger partial charge >= 0.3 is 0 Å². The molecular formula is C29H34FN3O4S. The van der Waals surface area contributed by atoms with Gasteiger partial charge in [-0.1, -0.05) is 67.6 Å². The lowest BCUT2D eigenvalue weighted by atomic mass is 10.0. The molecule has 2 amide bonds. The molecular weight excluding hydrogens is 505 g/mol. The molecule has 1 unspecified atom stereocenters. The first-order chi connectivity index (χ1) is 18.1. The van der Waals surface area contributed by atoms with Crippen LogP contribution in [-0.2, 0) is 32.6 Å². The van der Waals surface area contributed by atoms with Gasteiger partial charge < -0.3 is 10.2 Å². The van der Waals surface area contributed by atoms with Crippen molar-refractivity contribution in [1.29, 1.82) is 0 Å². The van der Waals surface area contributed by atoms with E-state index in [1.165, 1.54) is 11.0 Å². The monoisotopic (exact) mass is 539 g/mol. The van der Waals surface area contributed by atoms with Crippen LogP contribution in [0, 0.1) is 12.7 Å². The maximum absolute atomic E-state index is 14.7. The second kappa shape index (κ2) is 13.2. The summed E-state index contributed by atoms with van der Waals surface area (Å²) in [5, 5.41) is 2.85. The molecule has 3 rings (SSSR count). The van der Waals surface area contributed by atoms with E-state index in [0.29, 0.717) is 18.7 Å². The Bertz CT molecular complexity index is 1350. The summed E-state index contributed by atoms with van der Waals surface area (Å²) in [6, 6.07) is 21.1. The van der Waals surface area contributed by atoms with Crippen LogP contribution in [-0.4, -0.2) is 50.5 Å². The largest absolute Gasteiger partial charge is 0.354 e. The van der Waals surface area contributed by atoms with Crippen molar-refractivity contribution < 1.29 is 22.4 Å². The van der Waals surface area contributed by atoms with Crippen LogP contribution in [0.15, 0.2) is 78.9 Å². The minimum absolute atomic E-state index is 0.180. The van der Waals surface area contributed by atoms with Crippen molar-refractivity contribution >= 4 is 27.5 Å². The molecule has 0 saturated heterocycles. The van der Waals surface area contributed by atoms with Crippen LogP contribution in [0.25, 0.3) is 0 Å². The van der Waals surface area contributed by atoms with Gasteiger partial charge in [-0.15, -0.1) is 0 Å². The molecule has 1 N–H and O–H groups in total. The smallest absolute Gasteiger partial charge is 0.244 e. The summed E-state index contributed by atoms with van der Waals surface area (Å²) < 4.78 is 41.3. The summed E-state index contributed by atoms with van der Waals surface area (Å²) in [6.07, 6.45) is 1.90. The Hall–Kier alpha value is -3.72. The minimum atomic E-state index is -3.85. The summed E-state index contributed by atoms with van der Waals surface area (Å²) in [5.41, 5.74) is 2.20. The van der Waals surface area contributed by atoms with E-state index >= 15 is 0 Å². The van der Waals surface area contributed by atoms with Gasteiger partial charge in [-0.3, -0.25) is 13.9 Å². The van der Waals surface area contributed by atoms with Crippen molar-refractivity contribution in [2.45, 2.75) is 39.3 Å². The molecule has 1 atom stereocenters. The van der Waals surface area contributed by atoms with Gasteiger partial charge in [-0.2, -0.15) is 0 Å². The lowest BCUT2D eigenvalue weighted by Crippen LogP contribution is -2.53. The quantitative estimate of drug-likeness (QED) is 0.376. The second-order valence-corrected chi connectivity index (χ2v) is 11.1. The molecule has 0 bridgehead atoms. The number of hydrogen-bond donors (Lipinski definition) is 1. The second-order valence-electron chi connectivity index (χ2n) is 9.22. The number of halogens is 1. The fraction of sp³-hybridized carbons (Fsp3) is 0.310. The summed E-state index contributed by atoms with van der Waals surface area (Å²) in [4.78, 5) is 28.6. The predicted octanol–water partition coefficient (Wildman–Crippen LogP) is 4.07. The van der Waals surface area contributed by atoms with E-state index in [0.717, 1.165) is 21.7 Å². The molecule has 38 heavy (non-hydrogen) atoms. The van der Waals surface area contributed by atoms with E-state index in [9.17, 15) is 22.4 Å². The van der Waals surface area contributed by atoms with Crippen LogP contribution in [0.2, 0.25) is 0 Å². The molecule has 0 aliphatic carbocycles. The topological polar surface area (TPSA) is 86.8 Å². The van der Waals surface area contributed by atoms with Crippen molar-refractivity contribution in [1.82, 2.24) is 10.2 Å². The highest BCUT2D eigenvalue weighted by Gasteiger charge is 2.33. The van der Waals surface area contributed by atoms with E-state index < -0.39 is 34.3 Å². The summed E-state index contributed by atoms with van der Waals surface area (Å²) >= 11 is 0. The Balaban J connectivity index is 2.05. The molecule has 0 radical (unpaired) electrons. The molecule has 3 aromatic carbocycles. The van der Waals surface area contributed by atoms with Gasteiger partial charge in [0.15, 0.2) is 0 Å². The van der Waals surface area contributed by atoms with Gasteiger partial charge in [0, 0.05) is 25.1 Å². The highest BCUT2D eigenvalue weighted by Crippen LogP contribution is 2.22. The highest BCUT2D eigenvalue weighted by atomic mass is 32.2. The fourth-order valence-electron chi connectivity index (χ4n) is 4.13. The number of rotatable bonds is 12. The third-order valence-corrected chi connectivity index (χ3v) is 7.23. The van der Waals surface area contributed by atoms with Crippen LogP contribution in [0.5, 0.6) is 0 Å². The van der Waals surface area contributed by atoms with Gasteiger partial charge in [0.2, 0.25) is 21.8 Å². The maximum Gasteiger partial charge on any atom is 0.244 e. The van der Waals surface area contributed by atoms with E-state index in [1.54, 1.807) is 36.4 Å². The molecule has 0 fully saturated rings. The number of carbonyl (C=O) groups is 2. The maximum atomic E-state index is 14.7. The molecule has 202 valence electrons. The number of aryl methyl sites for hydroxylation is 1. The van der Waals surface area contributed by atoms with Gasteiger partial charge in [0.25, 0.3) is 0 Å². The van der Waals surface area contributed by atoms with Gasteiger partial charge in [0.1, 0.15) is 18.4 Å². The van der Waals surface area contributed by atoms with E-state index in [1.807, 2.05) is 50.2 Å². The van der Waals surface area contributed by atoms with Crippen LogP contribution in [0.3, 0.4) is 0 Å². The Labute approximate surface area is 224 Å². The summed E-state index contributed by atoms with van der Waals surface area (Å²) in [7, 11) is -3.85. The molecule has 3 aromatic rings. The number of carbonyl (C=O) groups excluding carboxylic acids is 2. The van der Waals surface area contributed by atoms with Crippen molar-refractivity contribution in [3.05, 3.63) is 101 Å². The van der Waals surface area contributed by atoms with Crippen molar-refractivity contribution in [2.75, 3.05) is 23.7 Å². The number of sulfonamides is 1. The normalized spacial score (nSPS) is 12.0. The third-order valence-electron chi connectivity index (χ3n) is 6.09. The number of anilines is 1. The zero-order chi connectivity index (χ0) is 27.7. The van der Waals surface area contributed by atoms with E-state index in [-0.39, 0.29) is 24.4 Å². The highest BCUT2D eigenvalue weighted by molar-refractivity contribution is 7.92. The molecule has 7 nitrogen and oxygen atoms in total. The van der Waals surface area contributed by atoms with E-state index in [4.69, 9.17) is 0 Å². The van der Waals surface area contributed by atoms with Crippen LogP contribution in [0.1, 0.15) is 30.0 Å². The average molecular weight is 540 g/mol. The van der Waals surface area contributed by atoms with Crippen molar-refractivity contribution in [2.24, 2.45) is 0 Å². The average Bonchev–Trinajstić information content (AvgIpc) is 2.88. The zero-order valence-electron chi connectivity index (χ0n) is 21.9. The molecule has 0 saturated carbocycles. The minimum Gasteiger partial charge on any atom is -0.354 e. The number of nitrogens with one attached hydrogen (secondary N) is 1. The number of hydrogen-bond acceptors (Lipinski definition) is 4. The standard InChI is InChI=1S/C29H34FN3O4S/c1-4-17-31-29(35)27(19-23-12-6-5-7-13-23)32(20-24-14-8-9-16-26(24)30)28(34)21-33(38(3,36)37)25-15-10-11-22(2)18-25/h5-16,18,27H,4,17,19-21H2,1-3H3,(H,31,35). The number of benzene rings is 3. The van der Waals surface area contributed by atoms with Gasteiger partial charge in [-0.25, -0.2) is 12.8 Å². The first kappa shape index (κ1) is 28.8. The third kappa shape index (κ3) is 7.89. The van der Waals surface area contributed by atoms with Gasteiger partial charge in [-0.05, 0) is 42.7 Å². The summed E-state index contributed by atoms with van der Waals surface area (Å²) in [6.45, 7) is 3.41. The van der Waals surface area contributed by atoms with Crippen molar-refractivity contribution in [3.63, 3.8) is 0 Å². The molecule has 9 heteroatoms. The lowest BCUT2D eigenvalue weighted by Gasteiger charge is -2.33. The lowest BCUT2D eigenvalue weighted by molar-refractivity contribution is -0.140. The number of nitrogens with zero attached hydrogens (tertiary/aromatic N) is 2. The van der Waals surface area contributed by atoms with Crippen molar-refractivity contribution in [3.8, 4) is 0 Å². The Morgan fingerprint density at radius 2 is 1.66 bits per heavy atom. The van der Waals surface area contributed by atoms with E-state index in [2.05, 4.69) is 5.32 Å². The Kier molecular flexibility index (Phi) is 10.0. The van der Waals surface area contributed by atoms with Crippen LogP contribution < -0.4 is 9.62 Å². The predicted molar refractivity (Wildman–Crippen MR) is 148 cm³/mol. The Morgan fingerprint density at radius 3 is 2.29 bits per heavy atom.